The van der Waals surface area contributed by atoms with Crippen molar-refractivity contribution in [3.8, 4) is 0 Å². The van der Waals surface area contributed by atoms with E-state index < -0.39 is 0 Å². The van der Waals surface area contributed by atoms with Crippen LogP contribution in [0, 0.1) is 0 Å². The Hall–Kier alpha value is -0.300. The van der Waals surface area contributed by atoms with Gasteiger partial charge < -0.3 is 5.73 Å². The molecule has 0 spiro atoms. The van der Waals surface area contributed by atoms with Crippen molar-refractivity contribution < 1.29 is 0 Å². The van der Waals surface area contributed by atoms with Gasteiger partial charge in [-0.25, -0.2) is 0 Å². The second-order valence-electron chi connectivity index (χ2n) is 3.25. The maximum absolute atomic E-state index is 5.39. The van der Waals surface area contributed by atoms with Crippen molar-refractivity contribution in [3.05, 3.63) is 12.2 Å². The highest BCUT2D eigenvalue weighted by molar-refractivity contribution is 4.80. The summed E-state index contributed by atoms with van der Waals surface area (Å²) in [7, 11) is 0. The Kier molecular flexibility index (Phi) is 10.4. The molecule has 0 aliphatic heterocycles. The topological polar surface area (TPSA) is 26.0 Å². The Morgan fingerprint density at radius 1 is 0.917 bits per heavy atom. The Balaban J connectivity index is 2.90. The summed E-state index contributed by atoms with van der Waals surface area (Å²) in [6.45, 7) is 3.07. The minimum Gasteiger partial charge on any atom is -0.330 e. The highest BCUT2D eigenvalue weighted by Crippen LogP contribution is 2.03. The van der Waals surface area contributed by atoms with Gasteiger partial charge in [0.1, 0.15) is 0 Å². The predicted octanol–water partition coefficient (Wildman–Crippen LogP) is 3.25. The number of hydrogen-bond donors (Lipinski definition) is 1. The van der Waals surface area contributed by atoms with E-state index in [2.05, 4.69) is 19.1 Å². The zero-order chi connectivity index (χ0) is 9.07. The average Bonchev–Trinajstić information content (AvgIpc) is 2.10. The molecule has 0 unspecified atom stereocenters. The molecule has 0 aliphatic rings. The van der Waals surface area contributed by atoms with E-state index in [9.17, 15) is 0 Å². The lowest BCUT2D eigenvalue weighted by molar-refractivity contribution is 0.652. The molecule has 0 heterocycles. The van der Waals surface area contributed by atoms with Crippen molar-refractivity contribution in [1.82, 2.24) is 0 Å². The smallest absolute Gasteiger partial charge is 0.00773 e. The Labute approximate surface area is 77.0 Å². The van der Waals surface area contributed by atoms with E-state index in [1.165, 1.54) is 44.9 Å². The summed E-state index contributed by atoms with van der Waals surface area (Å²) in [5, 5.41) is 0. The van der Waals surface area contributed by atoms with E-state index in [1.54, 1.807) is 0 Å². The predicted molar refractivity (Wildman–Crippen MR) is 56.2 cm³/mol. The summed E-state index contributed by atoms with van der Waals surface area (Å²) < 4.78 is 0. The van der Waals surface area contributed by atoms with Crippen LogP contribution in [0.3, 0.4) is 0 Å². The molecule has 0 saturated carbocycles. The summed E-state index contributed by atoms with van der Waals surface area (Å²) >= 11 is 0. The first-order valence-corrected chi connectivity index (χ1v) is 5.27. The second-order valence-corrected chi connectivity index (χ2v) is 3.25. The summed E-state index contributed by atoms with van der Waals surface area (Å²) in [6.07, 6.45) is 13.5. The van der Waals surface area contributed by atoms with Gasteiger partial charge in [-0.05, 0) is 32.2 Å². The van der Waals surface area contributed by atoms with Crippen LogP contribution in [-0.4, -0.2) is 6.54 Å². The lowest BCUT2D eigenvalue weighted by Crippen LogP contribution is -1.97. The first kappa shape index (κ1) is 11.7. The van der Waals surface area contributed by atoms with E-state index >= 15 is 0 Å². The zero-order valence-corrected chi connectivity index (χ0v) is 8.39. The molecule has 0 amide bonds. The third kappa shape index (κ3) is 9.70. The van der Waals surface area contributed by atoms with Crippen LogP contribution in [0.5, 0.6) is 0 Å². The molecule has 0 aromatic heterocycles. The molecule has 1 nitrogen and oxygen atoms in total. The molecular weight excluding hydrogens is 146 g/mol. The van der Waals surface area contributed by atoms with Gasteiger partial charge in [0.05, 0.1) is 0 Å². The molecule has 0 bridgehead atoms. The van der Waals surface area contributed by atoms with Crippen LogP contribution < -0.4 is 5.73 Å². The normalized spacial score (nSPS) is 11.2. The zero-order valence-electron chi connectivity index (χ0n) is 8.39. The van der Waals surface area contributed by atoms with Gasteiger partial charge in [-0.2, -0.15) is 0 Å². The minimum absolute atomic E-state index is 0.853. The Morgan fingerprint density at radius 2 is 1.58 bits per heavy atom. The Morgan fingerprint density at radius 3 is 2.25 bits per heavy atom. The molecule has 1 heteroatoms. The van der Waals surface area contributed by atoms with Crippen molar-refractivity contribution >= 4 is 0 Å². The van der Waals surface area contributed by atoms with E-state index in [-0.39, 0.29) is 0 Å². The molecule has 0 radical (unpaired) electrons. The monoisotopic (exact) mass is 169 g/mol. The molecule has 0 fully saturated rings. The number of rotatable bonds is 8. The summed E-state index contributed by atoms with van der Waals surface area (Å²) in [5.41, 5.74) is 5.39. The van der Waals surface area contributed by atoms with Crippen molar-refractivity contribution in [3.63, 3.8) is 0 Å². The fraction of sp³-hybridized carbons (Fsp3) is 0.818. The highest BCUT2D eigenvalue weighted by atomic mass is 14.5. The van der Waals surface area contributed by atoms with Crippen LogP contribution in [0.25, 0.3) is 0 Å². The van der Waals surface area contributed by atoms with Crippen LogP contribution >= 0.6 is 0 Å². The van der Waals surface area contributed by atoms with Crippen LogP contribution in [0.2, 0.25) is 0 Å². The number of nitrogens with two attached hydrogens (primary N) is 1. The van der Waals surface area contributed by atoms with E-state index in [0.717, 1.165) is 6.54 Å². The molecule has 0 rings (SSSR count). The van der Waals surface area contributed by atoms with Crippen LogP contribution in [-0.2, 0) is 0 Å². The quantitative estimate of drug-likeness (QED) is 0.438. The number of allylic oxidation sites excluding steroid dienone is 2. The van der Waals surface area contributed by atoms with Gasteiger partial charge in [0.25, 0.3) is 0 Å². The van der Waals surface area contributed by atoms with Gasteiger partial charge in [0, 0.05) is 0 Å². The SMILES string of the molecule is CCC/C=C/CCCCCCN. The van der Waals surface area contributed by atoms with Gasteiger partial charge >= 0.3 is 0 Å². The van der Waals surface area contributed by atoms with Gasteiger partial charge in [-0.1, -0.05) is 38.3 Å². The summed E-state index contributed by atoms with van der Waals surface area (Å²) in [5.74, 6) is 0. The molecule has 0 saturated heterocycles. The highest BCUT2D eigenvalue weighted by Gasteiger charge is 1.85. The molecule has 0 aromatic rings. The Bertz CT molecular complexity index is 97.2. The summed E-state index contributed by atoms with van der Waals surface area (Å²) in [4.78, 5) is 0. The molecule has 72 valence electrons. The van der Waals surface area contributed by atoms with Crippen LogP contribution in [0.1, 0.15) is 51.9 Å². The van der Waals surface area contributed by atoms with Gasteiger partial charge in [0.15, 0.2) is 0 Å². The molecule has 0 atom stereocenters. The fourth-order valence-electron chi connectivity index (χ4n) is 1.16. The van der Waals surface area contributed by atoms with E-state index in [0.29, 0.717) is 0 Å². The summed E-state index contributed by atoms with van der Waals surface area (Å²) in [6, 6.07) is 0. The van der Waals surface area contributed by atoms with Crippen molar-refractivity contribution in [1.29, 1.82) is 0 Å². The standard InChI is InChI=1S/C11H23N/c1-2-3-4-5-6-7-8-9-10-11-12/h4-5H,2-3,6-12H2,1H3/b5-4+. The van der Waals surface area contributed by atoms with Crippen molar-refractivity contribution in [2.75, 3.05) is 6.54 Å². The molecule has 0 aliphatic carbocycles. The first-order chi connectivity index (χ1) is 5.91. The first-order valence-electron chi connectivity index (χ1n) is 5.27. The maximum Gasteiger partial charge on any atom is -0.00773 e. The fourth-order valence-corrected chi connectivity index (χ4v) is 1.16. The minimum atomic E-state index is 0.853. The lowest BCUT2D eigenvalue weighted by Gasteiger charge is -1.95. The van der Waals surface area contributed by atoms with Crippen molar-refractivity contribution in [2.24, 2.45) is 5.73 Å². The van der Waals surface area contributed by atoms with Crippen LogP contribution in [0.4, 0.5) is 0 Å². The largest absolute Gasteiger partial charge is 0.330 e. The second kappa shape index (κ2) is 10.7. The van der Waals surface area contributed by atoms with Crippen molar-refractivity contribution in [2.45, 2.75) is 51.9 Å². The number of unbranched alkanes of at least 4 members (excludes halogenated alkanes) is 5. The van der Waals surface area contributed by atoms with Gasteiger partial charge in [0.2, 0.25) is 0 Å². The third-order valence-electron chi connectivity index (χ3n) is 1.95. The van der Waals surface area contributed by atoms with Crippen LogP contribution in [0.15, 0.2) is 12.2 Å². The third-order valence-corrected chi connectivity index (χ3v) is 1.95. The van der Waals surface area contributed by atoms with Gasteiger partial charge in [-0.15, -0.1) is 0 Å². The molecular formula is C11H23N. The molecule has 2 N–H and O–H groups in total. The maximum atomic E-state index is 5.39. The molecule has 12 heavy (non-hydrogen) atoms. The average molecular weight is 169 g/mol. The van der Waals surface area contributed by atoms with E-state index in [4.69, 9.17) is 5.73 Å². The molecule has 0 aromatic carbocycles. The lowest BCUT2D eigenvalue weighted by atomic mass is 10.1. The van der Waals surface area contributed by atoms with E-state index in [1.807, 2.05) is 0 Å². The van der Waals surface area contributed by atoms with Gasteiger partial charge in [-0.3, -0.25) is 0 Å². The number of hydrogen-bond acceptors (Lipinski definition) is 1.